The predicted molar refractivity (Wildman–Crippen MR) is 89.9 cm³/mol. The van der Waals surface area contributed by atoms with E-state index in [-0.39, 0.29) is 0 Å². The van der Waals surface area contributed by atoms with Crippen molar-refractivity contribution >= 4 is 0 Å². The fraction of sp³-hybridized carbons (Fsp3) is 0.158. The third-order valence-corrected chi connectivity index (χ3v) is 3.57. The summed E-state index contributed by atoms with van der Waals surface area (Å²) in [5.41, 5.74) is 2.97. The minimum atomic E-state index is 0.531. The number of nitrogens with zero attached hydrogens (tertiary/aromatic N) is 2. The van der Waals surface area contributed by atoms with Crippen molar-refractivity contribution in [1.29, 1.82) is 0 Å². The molecule has 3 rings (SSSR count). The molecule has 0 spiro atoms. The van der Waals surface area contributed by atoms with Crippen molar-refractivity contribution in [3.05, 3.63) is 66.5 Å². The highest BCUT2D eigenvalue weighted by molar-refractivity contribution is 5.73. The van der Waals surface area contributed by atoms with E-state index in [9.17, 15) is 0 Å². The van der Waals surface area contributed by atoms with E-state index in [2.05, 4.69) is 29.0 Å². The first kappa shape index (κ1) is 15.0. The maximum atomic E-state index is 5.97. The molecule has 2 heterocycles. The van der Waals surface area contributed by atoms with Gasteiger partial charge in [-0.15, -0.1) is 0 Å². The molecule has 4 heteroatoms. The Balaban J connectivity index is 1.97. The topological polar surface area (TPSA) is 44.2 Å². The smallest absolute Gasteiger partial charge is 0.227 e. The van der Waals surface area contributed by atoms with Gasteiger partial charge in [-0.05, 0) is 48.4 Å². The van der Waals surface area contributed by atoms with Gasteiger partial charge in [0.2, 0.25) is 11.8 Å². The SMILES string of the molecule is CCc1ccc(Oc2ncccc2-c2cccnc2OC)cc1. The van der Waals surface area contributed by atoms with Crippen molar-refractivity contribution in [1.82, 2.24) is 9.97 Å². The van der Waals surface area contributed by atoms with Crippen molar-refractivity contribution in [2.45, 2.75) is 13.3 Å². The van der Waals surface area contributed by atoms with Crippen LogP contribution in [0.3, 0.4) is 0 Å². The summed E-state index contributed by atoms with van der Waals surface area (Å²) < 4.78 is 11.3. The van der Waals surface area contributed by atoms with E-state index in [0.29, 0.717) is 11.8 Å². The molecule has 4 nitrogen and oxygen atoms in total. The van der Waals surface area contributed by atoms with Crippen LogP contribution < -0.4 is 9.47 Å². The van der Waals surface area contributed by atoms with Crippen molar-refractivity contribution < 1.29 is 9.47 Å². The number of benzene rings is 1. The standard InChI is InChI=1S/C19H18N2O2/c1-3-14-8-10-15(11-9-14)23-19-17(7-5-13-21-19)16-6-4-12-20-18(16)22-2/h4-13H,3H2,1-2H3. The second-order valence-electron chi connectivity index (χ2n) is 5.02. The van der Waals surface area contributed by atoms with E-state index in [1.165, 1.54) is 5.56 Å². The average molecular weight is 306 g/mol. The number of aryl methyl sites for hydroxylation is 1. The third-order valence-electron chi connectivity index (χ3n) is 3.57. The summed E-state index contributed by atoms with van der Waals surface area (Å²) in [6, 6.07) is 15.7. The highest BCUT2D eigenvalue weighted by Crippen LogP contribution is 2.35. The Hall–Kier alpha value is -2.88. The van der Waals surface area contributed by atoms with Gasteiger partial charge >= 0.3 is 0 Å². The zero-order valence-electron chi connectivity index (χ0n) is 13.2. The van der Waals surface area contributed by atoms with Gasteiger partial charge in [0.1, 0.15) is 5.75 Å². The van der Waals surface area contributed by atoms with Gasteiger partial charge in [-0.3, -0.25) is 0 Å². The molecule has 0 amide bonds. The average Bonchev–Trinajstić information content (AvgIpc) is 2.63. The Bertz CT molecular complexity index is 785. The lowest BCUT2D eigenvalue weighted by Gasteiger charge is -2.12. The Labute approximate surface area is 135 Å². The number of methoxy groups -OCH3 is 1. The van der Waals surface area contributed by atoms with Crippen molar-refractivity contribution in [2.24, 2.45) is 0 Å². The van der Waals surface area contributed by atoms with Gasteiger partial charge < -0.3 is 9.47 Å². The second kappa shape index (κ2) is 6.92. The van der Waals surface area contributed by atoms with E-state index < -0.39 is 0 Å². The molecule has 2 aromatic heterocycles. The van der Waals surface area contributed by atoms with Crippen molar-refractivity contribution in [3.63, 3.8) is 0 Å². The summed E-state index contributed by atoms with van der Waals surface area (Å²) in [5.74, 6) is 1.83. The monoisotopic (exact) mass is 306 g/mol. The molecule has 3 aromatic rings. The first-order chi connectivity index (χ1) is 11.3. The molecule has 0 saturated carbocycles. The van der Waals surface area contributed by atoms with E-state index in [0.717, 1.165) is 23.3 Å². The highest BCUT2D eigenvalue weighted by atomic mass is 16.5. The largest absolute Gasteiger partial charge is 0.481 e. The third kappa shape index (κ3) is 3.31. The minimum absolute atomic E-state index is 0.531. The Morgan fingerprint density at radius 2 is 1.43 bits per heavy atom. The normalized spacial score (nSPS) is 10.3. The Kier molecular flexibility index (Phi) is 4.52. The minimum Gasteiger partial charge on any atom is -0.481 e. The number of aromatic nitrogens is 2. The molecule has 0 N–H and O–H groups in total. The zero-order chi connectivity index (χ0) is 16.1. The van der Waals surface area contributed by atoms with Crippen molar-refractivity contribution in [3.8, 4) is 28.6 Å². The van der Waals surface area contributed by atoms with Crippen LogP contribution in [0.25, 0.3) is 11.1 Å². The van der Waals surface area contributed by atoms with E-state index in [1.807, 2.05) is 36.4 Å². The first-order valence-electron chi connectivity index (χ1n) is 7.53. The fourth-order valence-corrected chi connectivity index (χ4v) is 2.34. The van der Waals surface area contributed by atoms with Crippen LogP contribution in [-0.2, 0) is 6.42 Å². The van der Waals surface area contributed by atoms with Crippen LogP contribution in [0.4, 0.5) is 0 Å². The molecule has 0 atom stereocenters. The number of hydrogen-bond acceptors (Lipinski definition) is 4. The number of pyridine rings is 2. The lowest BCUT2D eigenvalue weighted by molar-refractivity contribution is 0.399. The molecule has 0 fully saturated rings. The molecule has 0 aliphatic rings. The summed E-state index contributed by atoms with van der Waals surface area (Å²) >= 11 is 0. The van der Waals surface area contributed by atoms with Gasteiger partial charge in [-0.2, -0.15) is 0 Å². The molecule has 0 aliphatic carbocycles. The van der Waals surface area contributed by atoms with E-state index >= 15 is 0 Å². The maximum absolute atomic E-state index is 5.97. The molecule has 0 radical (unpaired) electrons. The zero-order valence-corrected chi connectivity index (χ0v) is 13.2. The summed E-state index contributed by atoms with van der Waals surface area (Å²) in [6.07, 6.45) is 4.41. The summed E-state index contributed by atoms with van der Waals surface area (Å²) in [7, 11) is 1.60. The van der Waals surface area contributed by atoms with Crippen LogP contribution in [0, 0.1) is 0 Å². The lowest BCUT2D eigenvalue weighted by atomic mass is 10.1. The summed E-state index contributed by atoms with van der Waals surface area (Å²) in [5, 5.41) is 0. The molecule has 0 bridgehead atoms. The van der Waals surface area contributed by atoms with Gasteiger partial charge in [0.15, 0.2) is 0 Å². The predicted octanol–water partition coefficient (Wildman–Crippen LogP) is 4.51. The summed E-state index contributed by atoms with van der Waals surface area (Å²) in [6.45, 7) is 2.13. The van der Waals surface area contributed by atoms with Crippen LogP contribution in [0.2, 0.25) is 0 Å². The van der Waals surface area contributed by atoms with Crippen molar-refractivity contribution in [2.75, 3.05) is 7.11 Å². The molecule has 116 valence electrons. The molecular weight excluding hydrogens is 288 g/mol. The Morgan fingerprint density at radius 1 is 0.826 bits per heavy atom. The molecule has 0 aliphatic heterocycles. The second-order valence-corrected chi connectivity index (χ2v) is 5.02. The molecule has 23 heavy (non-hydrogen) atoms. The van der Waals surface area contributed by atoms with Gasteiger partial charge in [0.25, 0.3) is 0 Å². The number of ether oxygens (including phenoxy) is 2. The van der Waals surface area contributed by atoms with Gasteiger partial charge in [-0.1, -0.05) is 19.1 Å². The number of rotatable bonds is 5. The lowest BCUT2D eigenvalue weighted by Crippen LogP contribution is -1.95. The molecule has 0 saturated heterocycles. The van der Waals surface area contributed by atoms with Crippen LogP contribution in [-0.4, -0.2) is 17.1 Å². The van der Waals surface area contributed by atoms with Gasteiger partial charge in [0, 0.05) is 23.5 Å². The highest BCUT2D eigenvalue weighted by Gasteiger charge is 2.13. The van der Waals surface area contributed by atoms with Crippen LogP contribution in [0.15, 0.2) is 60.9 Å². The van der Waals surface area contributed by atoms with Crippen LogP contribution in [0.5, 0.6) is 17.5 Å². The van der Waals surface area contributed by atoms with Gasteiger partial charge in [-0.25, -0.2) is 9.97 Å². The van der Waals surface area contributed by atoms with E-state index in [4.69, 9.17) is 9.47 Å². The quantitative estimate of drug-likeness (QED) is 0.696. The van der Waals surface area contributed by atoms with Crippen LogP contribution >= 0.6 is 0 Å². The van der Waals surface area contributed by atoms with Crippen LogP contribution in [0.1, 0.15) is 12.5 Å². The molecule has 1 aromatic carbocycles. The summed E-state index contributed by atoms with van der Waals surface area (Å²) in [4.78, 5) is 8.60. The van der Waals surface area contributed by atoms with Gasteiger partial charge in [0.05, 0.1) is 7.11 Å². The fourth-order valence-electron chi connectivity index (χ4n) is 2.34. The number of hydrogen-bond donors (Lipinski definition) is 0. The Morgan fingerprint density at radius 3 is 2.04 bits per heavy atom. The molecule has 0 unspecified atom stereocenters. The molecular formula is C19H18N2O2. The maximum Gasteiger partial charge on any atom is 0.227 e. The first-order valence-corrected chi connectivity index (χ1v) is 7.53. The van der Waals surface area contributed by atoms with E-state index in [1.54, 1.807) is 19.5 Å².